The number of benzene rings is 1. The number of hydrogen-bond donors (Lipinski definition) is 1. The predicted octanol–water partition coefficient (Wildman–Crippen LogP) is 3.41. The lowest BCUT2D eigenvalue weighted by Crippen LogP contribution is -2.12. The van der Waals surface area contributed by atoms with E-state index in [1.807, 2.05) is 6.92 Å². The summed E-state index contributed by atoms with van der Waals surface area (Å²) >= 11 is 0. The molecular weight excluding hydrogens is 286 g/mol. The van der Waals surface area contributed by atoms with Crippen LogP contribution in [0.25, 0.3) is 11.4 Å². The number of hydrogen-bond acceptors (Lipinski definition) is 3. The molecule has 2 aromatic rings. The van der Waals surface area contributed by atoms with E-state index in [2.05, 4.69) is 15.3 Å². The highest BCUT2D eigenvalue weighted by atomic mass is 19.4. The highest BCUT2D eigenvalue weighted by molar-refractivity contribution is 5.61. The van der Waals surface area contributed by atoms with Gasteiger partial charge in [-0.3, -0.25) is 0 Å². The fourth-order valence-electron chi connectivity index (χ4n) is 1.80. The van der Waals surface area contributed by atoms with Crippen molar-refractivity contribution in [2.45, 2.75) is 19.6 Å². The summed E-state index contributed by atoms with van der Waals surface area (Å²) in [5.74, 6) is -1.03. The molecule has 0 saturated heterocycles. The zero-order valence-electron chi connectivity index (χ0n) is 11.2. The van der Waals surface area contributed by atoms with Crippen molar-refractivity contribution < 1.29 is 17.6 Å². The lowest BCUT2D eigenvalue weighted by atomic mass is 10.1. The van der Waals surface area contributed by atoms with E-state index in [4.69, 9.17) is 0 Å². The van der Waals surface area contributed by atoms with Gasteiger partial charge >= 0.3 is 6.18 Å². The normalized spacial score (nSPS) is 11.7. The average molecular weight is 299 g/mol. The third-order valence-corrected chi connectivity index (χ3v) is 2.81. The van der Waals surface area contributed by atoms with Crippen molar-refractivity contribution in [3.8, 4) is 11.4 Å². The van der Waals surface area contributed by atoms with Crippen LogP contribution >= 0.6 is 0 Å². The van der Waals surface area contributed by atoms with E-state index in [9.17, 15) is 17.6 Å². The number of halogens is 4. The van der Waals surface area contributed by atoms with Gasteiger partial charge in [-0.25, -0.2) is 14.4 Å². The van der Waals surface area contributed by atoms with Gasteiger partial charge in [-0.05, 0) is 24.7 Å². The minimum absolute atomic E-state index is 0.0810. The largest absolute Gasteiger partial charge is 0.417 e. The lowest BCUT2D eigenvalue weighted by Gasteiger charge is -2.12. The molecule has 1 N–H and O–H groups in total. The van der Waals surface area contributed by atoms with Gasteiger partial charge in [-0.1, -0.05) is 6.92 Å². The minimum Gasteiger partial charge on any atom is -0.313 e. The van der Waals surface area contributed by atoms with Crippen molar-refractivity contribution in [1.82, 2.24) is 15.3 Å². The van der Waals surface area contributed by atoms with Crippen LogP contribution in [0.1, 0.15) is 18.1 Å². The van der Waals surface area contributed by atoms with Crippen molar-refractivity contribution in [1.29, 1.82) is 0 Å². The maximum atomic E-state index is 13.0. The Bertz CT molecular complexity index is 609. The van der Waals surface area contributed by atoms with Crippen molar-refractivity contribution in [3.63, 3.8) is 0 Å². The van der Waals surface area contributed by atoms with E-state index < -0.39 is 17.6 Å². The smallest absolute Gasteiger partial charge is 0.313 e. The molecule has 0 atom stereocenters. The number of aromatic nitrogens is 2. The second kappa shape index (κ2) is 6.17. The number of rotatable bonds is 4. The summed E-state index contributed by atoms with van der Waals surface area (Å²) in [6, 6.07) is 2.45. The van der Waals surface area contributed by atoms with E-state index in [0.717, 1.165) is 24.2 Å². The fourth-order valence-corrected chi connectivity index (χ4v) is 1.80. The fraction of sp³-hybridized carbons (Fsp3) is 0.286. The molecule has 1 heterocycles. The molecule has 0 aliphatic carbocycles. The molecule has 1 aromatic carbocycles. The molecule has 1 aromatic heterocycles. The first-order chi connectivity index (χ1) is 9.91. The predicted molar refractivity (Wildman–Crippen MR) is 69.8 cm³/mol. The van der Waals surface area contributed by atoms with Crippen LogP contribution in [-0.4, -0.2) is 16.5 Å². The van der Waals surface area contributed by atoms with Gasteiger partial charge in [0.25, 0.3) is 0 Å². The van der Waals surface area contributed by atoms with Crippen molar-refractivity contribution >= 4 is 0 Å². The van der Waals surface area contributed by atoms with Crippen LogP contribution in [-0.2, 0) is 12.7 Å². The Morgan fingerprint density at radius 3 is 2.38 bits per heavy atom. The molecule has 0 spiro atoms. The Balaban J connectivity index is 2.38. The molecule has 0 saturated carbocycles. The Labute approximate surface area is 119 Å². The first kappa shape index (κ1) is 15.4. The molecule has 0 fully saturated rings. The summed E-state index contributed by atoms with van der Waals surface area (Å²) in [4.78, 5) is 7.86. The first-order valence-electron chi connectivity index (χ1n) is 6.30. The van der Waals surface area contributed by atoms with Gasteiger partial charge in [0.1, 0.15) is 5.82 Å². The minimum atomic E-state index is -4.66. The average Bonchev–Trinajstić information content (AvgIpc) is 2.45. The SMILES string of the molecule is CCNCc1cnc(-c2ccc(F)cc2C(F)(F)F)nc1. The van der Waals surface area contributed by atoms with E-state index in [1.165, 1.54) is 12.4 Å². The topological polar surface area (TPSA) is 37.8 Å². The van der Waals surface area contributed by atoms with Crippen LogP contribution in [0, 0.1) is 5.82 Å². The molecular formula is C14H13F4N3. The van der Waals surface area contributed by atoms with Crippen molar-refractivity contribution in [3.05, 3.63) is 47.5 Å². The van der Waals surface area contributed by atoms with E-state index in [-0.39, 0.29) is 11.4 Å². The molecule has 0 aliphatic heterocycles. The highest BCUT2D eigenvalue weighted by Crippen LogP contribution is 2.36. The summed E-state index contributed by atoms with van der Waals surface area (Å²) in [5, 5.41) is 3.06. The monoisotopic (exact) mass is 299 g/mol. The molecule has 7 heteroatoms. The molecule has 3 nitrogen and oxygen atoms in total. The molecule has 0 unspecified atom stereocenters. The lowest BCUT2D eigenvalue weighted by molar-refractivity contribution is -0.137. The van der Waals surface area contributed by atoms with Crippen LogP contribution < -0.4 is 5.32 Å². The zero-order valence-corrected chi connectivity index (χ0v) is 11.2. The summed E-state index contributed by atoms with van der Waals surface area (Å²) < 4.78 is 51.8. The van der Waals surface area contributed by atoms with Crippen LogP contribution in [0.5, 0.6) is 0 Å². The Morgan fingerprint density at radius 1 is 1.14 bits per heavy atom. The summed E-state index contributed by atoms with van der Waals surface area (Å²) in [6.45, 7) is 3.23. The van der Waals surface area contributed by atoms with Gasteiger partial charge in [-0.2, -0.15) is 13.2 Å². The maximum absolute atomic E-state index is 13.0. The first-order valence-corrected chi connectivity index (χ1v) is 6.30. The number of alkyl halides is 3. The summed E-state index contributed by atoms with van der Waals surface area (Å²) in [6.07, 6.45) is -1.76. The summed E-state index contributed by atoms with van der Waals surface area (Å²) in [5.41, 5.74) is -0.558. The second-order valence-corrected chi connectivity index (χ2v) is 4.38. The quantitative estimate of drug-likeness (QED) is 0.879. The molecule has 112 valence electrons. The molecule has 0 aliphatic rings. The second-order valence-electron chi connectivity index (χ2n) is 4.38. The zero-order chi connectivity index (χ0) is 15.5. The van der Waals surface area contributed by atoms with E-state index in [0.29, 0.717) is 12.6 Å². The van der Waals surface area contributed by atoms with Gasteiger partial charge in [-0.15, -0.1) is 0 Å². The maximum Gasteiger partial charge on any atom is 0.417 e. The number of nitrogens with one attached hydrogen (secondary N) is 1. The molecule has 0 bridgehead atoms. The van der Waals surface area contributed by atoms with Gasteiger partial charge < -0.3 is 5.32 Å². The number of nitrogens with zero attached hydrogens (tertiary/aromatic N) is 2. The Morgan fingerprint density at radius 2 is 1.81 bits per heavy atom. The Kier molecular flexibility index (Phi) is 4.52. The molecule has 21 heavy (non-hydrogen) atoms. The van der Waals surface area contributed by atoms with Crippen LogP contribution in [0.15, 0.2) is 30.6 Å². The van der Waals surface area contributed by atoms with Crippen LogP contribution in [0.4, 0.5) is 17.6 Å². The third kappa shape index (κ3) is 3.75. The van der Waals surface area contributed by atoms with Crippen LogP contribution in [0.3, 0.4) is 0 Å². The van der Waals surface area contributed by atoms with Crippen LogP contribution in [0.2, 0.25) is 0 Å². The third-order valence-electron chi connectivity index (χ3n) is 2.81. The molecule has 0 amide bonds. The standard InChI is InChI=1S/C14H13F4N3/c1-2-19-6-9-7-20-13(21-8-9)11-4-3-10(15)5-12(11)14(16,17)18/h3-5,7-8,19H,2,6H2,1H3. The van der Waals surface area contributed by atoms with E-state index >= 15 is 0 Å². The van der Waals surface area contributed by atoms with Crippen molar-refractivity contribution in [2.75, 3.05) is 6.54 Å². The Hall–Kier alpha value is -2.02. The van der Waals surface area contributed by atoms with Gasteiger partial charge in [0, 0.05) is 30.1 Å². The van der Waals surface area contributed by atoms with Gasteiger partial charge in [0.15, 0.2) is 5.82 Å². The summed E-state index contributed by atoms with van der Waals surface area (Å²) in [7, 11) is 0. The van der Waals surface area contributed by atoms with E-state index in [1.54, 1.807) is 0 Å². The highest BCUT2D eigenvalue weighted by Gasteiger charge is 2.34. The molecule has 2 rings (SSSR count). The van der Waals surface area contributed by atoms with Gasteiger partial charge in [0.2, 0.25) is 0 Å². The van der Waals surface area contributed by atoms with Gasteiger partial charge in [0.05, 0.1) is 5.56 Å². The molecule has 0 radical (unpaired) electrons. The van der Waals surface area contributed by atoms with Crippen molar-refractivity contribution in [2.24, 2.45) is 0 Å².